The van der Waals surface area contributed by atoms with Crippen molar-refractivity contribution in [1.82, 2.24) is 0 Å². The number of carbonyl (C=O) groups is 1. The summed E-state index contributed by atoms with van der Waals surface area (Å²) in [5.74, 6) is 0.424. The van der Waals surface area contributed by atoms with Crippen molar-refractivity contribution < 1.29 is 15.0 Å². The Morgan fingerprint density at radius 3 is 2.08 bits per heavy atom. The topological polar surface area (TPSA) is 57.5 Å². The Morgan fingerprint density at radius 1 is 1.46 bits per heavy atom. The zero-order chi connectivity index (χ0) is 10.9. The number of hydrogen-bond acceptors (Lipinski definition) is 2. The van der Waals surface area contributed by atoms with Gasteiger partial charge < -0.3 is 10.2 Å². The van der Waals surface area contributed by atoms with Crippen LogP contribution in [0.1, 0.15) is 47.0 Å². The average Bonchev–Trinajstić information content (AvgIpc) is 1.99. The highest BCUT2D eigenvalue weighted by atomic mass is 16.3. The molecule has 0 bridgehead atoms. The van der Waals surface area contributed by atoms with E-state index in [2.05, 4.69) is 13.8 Å². The summed E-state index contributed by atoms with van der Waals surface area (Å²) < 4.78 is 0. The molecule has 0 aromatic rings. The smallest absolute Gasteiger partial charge is 0.290 e. The Morgan fingerprint density at radius 2 is 1.85 bits per heavy atom. The van der Waals surface area contributed by atoms with Gasteiger partial charge in [-0.05, 0) is 26.2 Å². The van der Waals surface area contributed by atoms with Gasteiger partial charge in [0.2, 0.25) is 0 Å². The molecule has 2 N–H and O–H groups in total. The number of carboxylic acid groups (broad SMARTS) is 1. The minimum atomic E-state index is -0.491. The molecule has 0 aromatic carbocycles. The van der Waals surface area contributed by atoms with Gasteiger partial charge in [-0.1, -0.05) is 26.7 Å². The van der Waals surface area contributed by atoms with Crippen molar-refractivity contribution >= 4 is 6.47 Å². The Balaban J connectivity index is 0. The van der Waals surface area contributed by atoms with Crippen LogP contribution in [0.5, 0.6) is 0 Å². The van der Waals surface area contributed by atoms with Crippen LogP contribution in [0, 0.1) is 5.92 Å². The van der Waals surface area contributed by atoms with Crippen molar-refractivity contribution in [3.05, 3.63) is 0 Å². The monoisotopic (exact) mass is 190 g/mol. The molecule has 0 aliphatic rings. The molecular formula is C10H22O3. The maximum Gasteiger partial charge on any atom is 0.290 e. The van der Waals surface area contributed by atoms with Gasteiger partial charge in [0.1, 0.15) is 0 Å². The third kappa shape index (κ3) is 11.4. The van der Waals surface area contributed by atoms with E-state index < -0.39 is 5.60 Å². The van der Waals surface area contributed by atoms with E-state index in [1.807, 2.05) is 13.8 Å². The van der Waals surface area contributed by atoms with E-state index in [9.17, 15) is 5.11 Å². The molecule has 3 heteroatoms. The highest BCUT2D eigenvalue weighted by Crippen LogP contribution is 2.20. The maximum atomic E-state index is 9.51. The van der Waals surface area contributed by atoms with Gasteiger partial charge in [-0.3, -0.25) is 4.79 Å². The summed E-state index contributed by atoms with van der Waals surface area (Å²) in [6.45, 7) is 7.80. The molecule has 0 aromatic heterocycles. The molecule has 0 fully saturated rings. The first-order valence-corrected chi connectivity index (χ1v) is 4.70. The Bertz CT molecular complexity index is 116. The Kier molecular flexibility index (Phi) is 9.24. The molecule has 0 radical (unpaired) electrons. The number of hydrogen-bond donors (Lipinski definition) is 2. The summed E-state index contributed by atoms with van der Waals surface area (Å²) in [5, 5.41) is 16.4. The highest BCUT2D eigenvalue weighted by molar-refractivity contribution is 5.32. The summed E-state index contributed by atoms with van der Waals surface area (Å²) in [7, 11) is 0. The van der Waals surface area contributed by atoms with Gasteiger partial charge >= 0.3 is 0 Å². The second kappa shape index (κ2) is 8.05. The lowest BCUT2D eigenvalue weighted by Gasteiger charge is -2.25. The molecule has 1 atom stereocenters. The van der Waals surface area contributed by atoms with Gasteiger partial charge in [0.25, 0.3) is 6.47 Å². The van der Waals surface area contributed by atoms with Crippen LogP contribution >= 0.6 is 0 Å². The molecule has 0 rings (SSSR count). The first kappa shape index (κ1) is 14.9. The van der Waals surface area contributed by atoms with E-state index in [4.69, 9.17) is 9.90 Å². The van der Waals surface area contributed by atoms with Crippen molar-refractivity contribution in [2.45, 2.75) is 52.6 Å². The fraction of sp³-hybridized carbons (Fsp3) is 0.900. The van der Waals surface area contributed by atoms with Crippen molar-refractivity contribution in [2.24, 2.45) is 5.92 Å². The van der Waals surface area contributed by atoms with Crippen molar-refractivity contribution in [1.29, 1.82) is 0 Å². The molecule has 0 saturated carbocycles. The number of rotatable bonds is 4. The second-order valence-electron chi connectivity index (χ2n) is 3.80. The van der Waals surface area contributed by atoms with Crippen molar-refractivity contribution in [3.63, 3.8) is 0 Å². The quantitative estimate of drug-likeness (QED) is 0.669. The lowest BCUT2D eigenvalue weighted by atomic mass is 9.89. The predicted octanol–water partition coefficient (Wildman–Crippen LogP) is 2.28. The fourth-order valence-electron chi connectivity index (χ4n) is 0.864. The minimum absolute atomic E-state index is 0.250. The lowest BCUT2D eigenvalue weighted by Crippen LogP contribution is -2.28. The van der Waals surface area contributed by atoms with E-state index in [1.54, 1.807) is 0 Å². The van der Waals surface area contributed by atoms with Gasteiger partial charge in [0, 0.05) is 0 Å². The first-order valence-electron chi connectivity index (χ1n) is 4.70. The van der Waals surface area contributed by atoms with E-state index in [-0.39, 0.29) is 6.47 Å². The van der Waals surface area contributed by atoms with Crippen LogP contribution in [0.15, 0.2) is 0 Å². The summed E-state index contributed by atoms with van der Waals surface area (Å²) in [5.41, 5.74) is -0.491. The summed E-state index contributed by atoms with van der Waals surface area (Å²) >= 11 is 0. The van der Waals surface area contributed by atoms with E-state index >= 15 is 0 Å². The Labute approximate surface area is 80.8 Å². The van der Waals surface area contributed by atoms with Crippen LogP contribution in [-0.2, 0) is 4.79 Å². The minimum Gasteiger partial charge on any atom is -0.483 e. The normalized spacial score (nSPS) is 12.7. The van der Waals surface area contributed by atoms with Crippen LogP contribution in [0.2, 0.25) is 0 Å². The highest BCUT2D eigenvalue weighted by Gasteiger charge is 2.20. The predicted molar refractivity (Wildman–Crippen MR) is 53.7 cm³/mol. The molecule has 0 spiro atoms. The molecule has 0 heterocycles. The SMILES string of the molecule is CCCCC(C)C(C)(C)O.O=CO. The largest absolute Gasteiger partial charge is 0.483 e. The zero-order valence-electron chi connectivity index (χ0n) is 9.08. The molecule has 0 aliphatic carbocycles. The molecule has 0 saturated heterocycles. The fourth-order valence-corrected chi connectivity index (χ4v) is 0.864. The van der Waals surface area contributed by atoms with Gasteiger partial charge in [-0.15, -0.1) is 0 Å². The summed E-state index contributed by atoms with van der Waals surface area (Å²) in [6.07, 6.45) is 3.59. The summed E-state index contributed by atoms with van der Waals surface area (Å²) in [4.78, 5) is 8.36. The second-order valence-corrected chi connectivity index (χ2v) is 3.80. The van der Waals surface area contributed by atoms with Gasteiger partial charge in [-0.2, -0.15) is 0 Å². The lowest BCUT2D eigenvalue weighted by molar-refractivity contribution is -0.122. The van der Waals surface area contributed by atoms with E-state index in [0.29, 0.717) is 5.92 Å². The number of unbranched alkanes of at least 4 members (excludes halogenated alkanes) is 1. The third-order valence-corrected chi connectivity index (χ3v) is 2.20. The summed E-state index contributed by atoms with van der Waals surface area (Å²) in [6, 6.07) is 0. The average molecular weight is 190 g/mol. The van der Waals surface area contributed by atoms with Crippen LogP contribution in [0.3, 0.4) is 0 Å². The number of aliphatic hydroxyl groups is 1. The Hall–Kier alpha value is -0.570. The van der Waals surface area contributed by atoms with Crippen LogP contribution in [0.25, 0.3) is 0 Å². The molecule has 1 unspecified atom stereocenters. The van der Waals surface area contributed by atoms with Crippen LogP contribution < -0.4 is 0 Å². The molecular weight excluding hydrogens is 168 g/mol. The third-order valence-electron chi connectivity index (χ3n) is 2.20. The molecule has 0 aliphatic heterocycles. The van der Waals surface area contributed by atoms with Gasteiger partial charge in [0.05, 0.1) is 5.60 Å². The molecule has 3 nitrogen and oxygen atoms in total. The van der Waals surface area contributed by atoms with Crippen molar-refractivity contribution in [2.75, 3.05) is 0 Å². The molecule has 80 valence electrons. The van der Waals surface area contributed by atoms with Gasteiger partial charge in [-0.25, -0.2) is 0 Å². The van der Waals surface area contributed by atoms with E-state index in [0.717, 1.165) is 6.42 Å². The van der Waals surface area contributed by atoms with Crippen LogP contribution in [0.4, 0.5) is 0 Å². The molecule has 13 heavy (non-hydrogen) atoms. The zero-order valence-corrected chi connectivity index (χ0v) is 9.08. The maximum absolute atomic E-state index is 9.51. The standard InChI is InChI=1S/C9H20O.CH2O2/c1-5-6-7-8(2)9(3,4)10;2-1-3/h8,10H,5-7H2,1-4H3;1H,(H,2,3). The van der Waals surface area contributed by atoms with E-state index in [1.165, 1.54) is 12.8 Å². The molecule has 0 amide bonds. The van der Waals surface area contributed by atoms with Gasteiger partial charge in [0.15, 0.2) is 0 Å². The van der Waals surface area contributed by atoms with Crippen molar-refractivity contribution in [3.8, 4) is 0 Å². The van der Waals surface area contributed by atoms with Crippen LogP contribution in [-0.4, -0.2) is 22.3 Å². The first-order chi connectivity index (χ1) is 5.90.